The van der Waals surface area contributed by atoms with Crippen LogP contribution in [0.1, 0.15) is 0 Å². The summed E-state index contributed by atoms with van der Waals surface area (Å²) in [4.78, 5) is 15.4. The Balaban J connectivity index is 1.79. The van der Waals surface area contributed by atoms with Crippen LogP contribution in [-0.2, 0) is 4.74 Å². The van der Waals surface area contributed by atoms with Crippen molar-refractivity contribution >= 4 is 22.7 Å². The van der Waals surface area contributed by atoms with Crippen molar-refractivity contribution < 1.29 is 4.74 Å². The summed E-state index contributed by atoms with van der Waals surface area (Å²) in [7, 11) is 1.73. The van der Waals surface area contributed by atoms with Crippen molar-refractivity contribution in [3.05, 3.63) is 42.7 Å². The van der Waals surface area contributed by atoms with Gasteiger partial charge in [-0.1, -0.05) is 18.2 Å². The first-order valence-corrected chi connectivity index (χ1v) is 7.50. The molecular weight excluding hydrogens is 290 g/mol. The fraction of sp³-hybridized carbons (Fsp3) is 0.235. The number of para-hydroxylation sites is 1. The van der Waals surface area contributed by atoms with Gasteiger partial charge in [0.1, 0.15) is 5.82 Å². The van der Waals surface area contributed by atoms with Crippen molar-refractivity contribution in [2.24, 2.45) is 0 Å². The number of nitrogen functional groups attached to an aromatic ring is 1. The molecule has 0 atom stereocenters. The van der Waals surface area contributed by atoms with E-state index in [9.17, 15) is 0 Å². The van der Waals surface area contributed by atoms with Crippen molar-refractivity contribution in [3.63, 3.8) is 0 Å². The molecule has 6 nitrogen and oxygen atoms in total. The molecule has 0 saturated carbocycles. The van der Waals surface area contributed by atoms with Gasteiger partial charge in [-0.25, -0.2) is 15.0 Å². The van der Waals surface area contributed by atoms with Crippen LogP contribution in [0.4, 0.5) is 11.8 Å². The van der Waals surface area contributed by atoms with Crippen LogP contribution >= 0.6 is 0 Å². The maximum absolute atomic E-state index is 5.81. The summed E-state index contributed by atoms with van der Waals surface area (Å²) in [6.45, 7) is 1.65. The van der Waals surface area contributed by atoms with Crippen LogP contribution in [0.5, 0.6) is 0 Å². The number of methoxy groups -OCH3 is 1. The van der Waals surface area contributed by atoms with E-state index in [2.05, 4.69) is 14.9 Å². The van der Waals surface area contributed by atoms with Crippen molar-refractivity contribution in [2.45, 2.75) is 6.10 Å². The largest absolute Gasteiger partial charge is 0.384 e. The fourth-order valence-electron chi connectivity index (χ4n) is 2.80. The first-order valence-electron chi connectivity index (χ1n) is 7.50. The Bertz CT molecular complexity index is 860. The van der Waals surface area contributed by atoms with Crippen LogP contribution in [0.15, 0.2) is 42.7 Å². The minimum absolute atomic E-state index is 0.268. The molecule has 4 rings (SSSR count). The second-order valence-electron chi connectivity index (χ2n) is 5.65. The molecular formula is C17H17N5O. The molecule has 1 fully saturated rings. The van der Waals surface area contributed by atoms with Gasteiger partial charge in [-0.15, -0.1) is 0 Å². The van der Waals surface area contributed by atoms with Crippen LogP contribution in [-0.4, -0.2) is 41.3 Å². The Morgan fingerprint density at radius 1 is 1.22 bits per heavy atom. The lowest BCUT2D eigenvalue weighted by Gasteiger charge is -2.38. The Morgan fingerprint density at radius 2 is 2.09 bits per heavy atom. The zero-order chi connectivity index (χ0) is 15.8. The van der Waals surface area contributed by atoms with E-state index >= 15 is 0 Å². The number of nitrogens with zero attached hydrogens (tertiary/aromatic N) is 4. The van der Waals surface area contributed by atoms with Gasteiger partial charge in [-0.3, -0.25) is 0 Å². The Morgan fingerprint density at radius 3 is 2.87 bits per heavy atom. The van der Waals surface area contributed by atoms with Gasteiger partial charge in [0.15, 0.2) is 0 Å². The number of nitrogens with two attached hydrogens (primary N) is 1. The molecule has 0 bridgehead atoms. The number of ether oxygens (including phenoxy) is 1. The summed E-state index contributed by atoms with van der Waals surface area (Å²) in [6, 6.07) is 9.86. The van der Waals surface area contributed by atoms with E-state index in [-0.39, 0.29) is 6.10 Å². The number of fused-ring (bicyclic) bond motifs is 1. The van der Waals surface area contributed by atoms with Crippen molar-refractivity contribution in [1.29, 1.82) is 0 Å². The molecule has 1 aromatic carbocycles. The topological polar surface area (TPSA) is 77.2 Å². The maximum atomic E-state index is 5.81. The number of benzene rings is 1. The standard InChI is InChI=1S/C17H17N5O/c1-23-13-9-22(10-13)17-20-8-12-3-2-4-14(16(12)21-17)11-5-6-19-15(18)7-11/h2-8,13H,9-10H2,1H3,(H2,18,19). The van der Waals surface area contributed by atoms with Gasteiger partial charge in [0.05, 0.1) is 11.6 Å². The van der Waals surface area contributed by atoms with Gasteiger partial charge in [0.2, 0.25) is 5.95 Å². The number of hydrogen-bond acceptors (Lipinski definition) is 6. The van der Waals surface area contributed by atoms with Crippen molar-refractivity contribution in [3.8, 4) is 11.1 Å². The lowest BCUT2D eigenvalue weighted by atomic mass is 10.0. The third kappa shape index (κ3) is 2.47. The molecule has 0 spiro atoms. The summed E-state index contributed by atoms with van der Waals surface area (Å²) < 4.78 is 5.31. The summed E-state index contributed by atoms with van der Waals surface area (Å²) in [5.74, 6) is 1.24. The second kappa shape index (κ2) is 5.48. The van der Waals surface area contributed by atoms with Crippen LogP contribution in [0, 0.1) is 0 Å². The van der Waals surface area contributed by atoms with Gasteiger partial charge in [0, 0.05) is 43.5 Å². The van der Waals surface area contributed by atoms with E-state index in [0.717, 1.165) is 41.1 Å². The van der Waals surface area contributed by atoms with Gasteiger partial charge >= 0.3 is 0 Å². The van der Waals surface area contributed by atoms with Crippen molar-refractivity contribution in [2.75, 3.05) is 30.8 Å². The molecule has 1 aliphatic heterocycles. The van der Waals surface area contributed by atoms with Crippen LogP contribution < -0.4 is 10.6 Å². The number of anilines is 2. The lowest BCUT2D eigenvalue weighted by molar-refractivity contribution is 0.0778. The van der Waals surface area contributed by atoms with E-state index < -0.39 is 0 Å². The molecule has 0 aliphatic carbocycles. The molecule has 1 aliphatic rings. The zero-order valence-electron chi connectivity index (χ0n) is 12.8. The summed E-state index contributed by atoms with van der Waals surface area (Å²) >= 11 is 0. The van der Waals surface area contributed by atoms with Crippen LogP contribution in [0.3, 0.4) is 0 Å². The Kier molecular flexibility index (Phi) is 3.31. The van der Waals surface area contributed by atoms with E-state index in [1.165, 1.54) is 0 Å². The van der Waals surface area contributed by atoms with Gasteiger partial charge in [0.25, 0.3) is 0 Å². The zero-order valence-corrected chi connectivity index (χ0v) is 12.8. The summed E-state index contributed by atoms with van der Waals surface area (Å²) in [6.07, 6.45) is 3.85. The molecule has 23 heavy (non-hydrogen) atoms. The monoisotopic (exact) mass is 307 g/mol. The molecule has 1 saturated heterocycles. The van der Waals surface area contributed by atoms with E-state index in [1.807, 2.05) is 36.5 Å². The van der Waals surface area contributed by atoms with E-state index in [1.54, 1.807) is 13.3 Å². The Labute approximate surface area is 133 Å². The predicted octanol–water partition coefficient (Wildman–Crippen LogP) is 2.11. The van der Waals surface area contributed by atoms with Crippen molar-refractivity contribution in [1.82, 2.24) is 15.0 Å². The number of aromatic nitrogens is 3. The SMILES string of the molecule is COC1CN(c2ncc3cccc(-c4ccnc(N)c4)c3n2)C1. The molecule has 2 N–H and O–H groups in total. The van der Waals surface area contributed by atoms with Gasteiger partial charge in [-0.2, -0.15) is 0 Å². The van der Waals surface area contributed by atoms with Crippen LogP contribution in [0.2, 0.25) is 0 Å². The maximum Gasteiger partial charge on any atom is 0.226 e. The molecule has 0 radical (unpaired) electrons. The molecule has 3 heterocycles. The highest BCUT2D eigenvalue weighted by Crippen LogP contribution is 2.29. The van der Waals surface area contributed by atoms with Gasteiger partial charge in [-0.05, 0) is 17.7 Å². The molecule has 2 aromatic heterocycles. The Hall–Kier alpha value is -2.73. The van der Waals surface area contributed by atoms with Crippen LogP contribution in [0.25, 0.3) is 22.0 Å². The third-order valence-electron chi connectivity index (χ3n) is 4.15. The highest BCUT2D eigenvalue weighted by Gasteiger charge is 2.28. The quantitative estimate of drug-likeness (QED) is 0.798. The van der Waals surface area contributed by atoms with E-state index in [4.69, 9.17) is 15.5 Å². The minimum Gasteiger partial charge on any atom is -0.384 e. The van der Waals surface area contributed by atoms with E-state index in [0.29, 0.717) is 5.82 Å². The summed E-state index contributed by atoms with van der Waals surface area (Å²) in [5.41, 5.74) is 8.77. The average Bonchev–Trinajstić information content (AvgIpc) is 2.53. The first-order chi connectivity index (χ1) is 11.2. The number of hydrogen-bond donors (Lipinski definition) is 1. The predicted molar refractivity (Wildman–Crippen MR) is 90.2 cm³/mol. The smallest absolute Gasteiger partial charge is 0.226 e. The fourth-order valence-corrected chi connectivity index (χ4v) is 2.80. The molecule has 0 unspecified atom stereocenters. The average molecular weight is 307 g/mol. The minimum atomic E-state index is 0.268. The highest BCUT2D eigenvalue weighted by molar-refractivity contribution is 5.94. The molecule has 6 heteroatoms. The first kappa shape index (κ1) is 13.9. The highest BCUT2D eigenvalue weighted by atomic mass is 16.5. The normalized spacial score (nSPS) is 14.9. The third-order valence-corrected chi connectivity index (χ3v) is 4.15. The molecule has 3 aromatic rings. The molecule has 0 amide bonds. The number of rotatable bonds is 3. The number of pyridine rings is 1. The summed E-state index contributed by atoms with van der Waals surface area (Å²) in [5, 5.41) is 1.01. The second-order valence-corrected chi connectivity index (χ2v) is 5.65. The van der Waals surface area contributed by atoms with Gasteiger partial charge < -0.3 is 15.4 Å². The lowest BCUT2D eigenvalue weighted by Crippen LogP contribution is -2.52. The molecule has 116 valence electrons.